The smallest absolute Gasteiger partial charge is 0.321 e. The number of piperidine rings is 2. The Bertz CT molecular complexity index is 1300. The highest BCUT2D eigenvalue weighted by Gasteiger charge is 2.24. The van der Waals surface area contributed by atoms with Crippen LogP contribution in [0, 0.1) is 17.6 Å². The Balaban J connectivity index is 1.11. The van der Waals surface area contributed by atoms with Crippen LogP contribution in [0.25, 0.3) is 0 Å². The summed E-state index contributed by atoms with van der Waals surface area (Å²) in [6.07, 6.45) is 6.28. The highest BCUT2D eigenvalue weighted by molar-refractivity contribution is 5.89. The molecule has 3 heterocycles. The molecular formula is C30H36F2N6O2. The molecule has 3 aromatic rings. The lowest BCUT2D eigenvalue weighted by Crippen LogP contribution is -2.42. The number of amides is 2. The van der Waals surface area contributed by atoms with Crippen LogP contribution in [-0.4, -0.2) is 58.1 Å². The summed E-state index contributed by atoms with van der Waals surface area (Å²) in [5, 5.41) is 5.90. The summed E-state index contributed by atoms with van der Waals surface area (Å²) in [6.45, 7) is 5.63. The Kier molecular flexibility index (Phi) is 9.05. The Morgan fingerprint density at radius 1 is 1.02 bits per heavy atom. The van der Waals surface area contributed by atoms with Gasteiger partial charge in [0, 0.05) is 37.1 Å². The third-order valence-electron chi connectivity index (χ3n) is 7.65. The highest BCUT2D eigenvalue weighted by Crippen LogP contribution is 2.24. The molecule has 0 spiro atoms. The van der Waals surface area contributed by atoms with E-state index < -0.39 is 11.6 Å². The number of ether oxygens (including phenoxy) is 1. The minimum Gasteiger partial charge on any atom is -0.475 e. The van der Waals surface area contributed by atoms with E-state index in [0.717, 1.165) is 25.0 Å². The minimum atomic E-state index is -0.620. The van der Waals surface area contributed by atoms with Crippen molar-refractivity contribution in [2.45, 2.75) is 51.6 Å². The minimum absolute atomic E-state index is 0.0953. The third kappa shape index (κ3) is 7.44. The van der Waals surface area contributed by atoms with Gasteiger partial charge in [-0.2, -0.15) is 9.37 Å². The van der Waals surface area contributed by atoms with E-state index in [1.54, 1.807) is 17.0 Å². The second-order valence-corrected chi connectivity index (χ2v) is 10.7. The van der Waals surface area contributed by atoms with Crippen LogP contribution < -0.4 is 15.4 Å². The van der Waals surface area contributed by atoms with Gasteiger partial charge in [0.2, 0.25) is 11.8 Å². The van der Waals surface area contributed by atoms with Crippen LogP contribution in [0.5, 0.6) is 5.88 Å². The van der Waals surface area contributed by atoms with Crippen LogP contribution in [0.3, 0.4) is 0 Å². The molecule has 1 aromatic heterocycles. The number of anilines is 3. The van der Waals surface area contributed by atoms with Crippen molar-refractivity contribution in [3.05, 3.63) is 71.9 Å². The quantitative estimate of drug-likeness (QED) is 0.348. The van der Waals surface area contributed by atoms with Gasteiger partial charge in [0.25, 0.3) is 5.88 Å². The zero-order chi connectivity index (χ0) is 27.9. The number of hydrogen-bond acceptors (Lipinski definition) is 6. The number of likely N-dealkylation sites (tertiary alicyclic amines) is 2. The first-order chi connectivity index (χ1) is 19.4. The van der Waals surface area contributed by atoms with Crippen molar-refractivity contribution in [1.82, 2.24) is 19.8 Å². The van der Waals surface area contributed by atoms with Crippen LogP contribution in [-0.2, 0) is 6.54 Å². The number of urea groups is 1. The molecule has 2 saturated heterocycles. The number of hydrogen-bond donors (Lipinski definition) is 2. The first-order valence-electron chi connectivity index (χ1n) is 14.0. The highest BCUT2D eigenvalue weighted by atomic mass is 19.1. The largest absolute Gasteiger partial charge is 0.475 e. The van der Waals surface area contributed by atoms with E-state index in [4.69, 9.17) is 4.74 Å². The van der Waals surface area contributed by atoms with Gasteiger partial charge < -0.3 is 20.3 Å². The molecule has 1 unspecified atom stereocenters. The van der Waals surface area contributed by atoms with E-state index in [-0.39, 0.29) is 30.4 Å². The second-order valence-electron chi connectivity index (χ2n) is 10.7. The molecular weight excluding hydrogens is 514 g/mol. The Morgan fingerprint density at radius 3 is 2.62 bits per heavy atom. The zero-order valence-electron chi connectivity index (χ0n) is 22.8. The molecule has 10 heteroatoms. The van der Waals surface area contributed by atoms with Crippen LogP contribution >= 0.6 is 0 Å². The molecule has 2 fully saturated rings. The maximum Gasteiger partial charge on any atom is 0.321 e. The Labute approximate surface area is 233 Å². The van der Waals surface area contributed by atoms with Crippen LogP contribution in [0.4, 0.5) is 30.9 Å². The van der Waals surface area contributed by atoms with E-state index in [1.807, 2.05) is 12.1 Å². The molecule has 212 valence electrons. The summed E-state index contributed by atoms with van der Waals surface area (Å²) < 4.78 is 33.6. The first kappa shape index (κ1) is 27.8. The van der Waals surface area contributed by atoms with E-state index in [9.17, 15) is 13.6 Å². The monoisotopic (exact) mass is 550 g/mol. The van der Waals surface area contributed by atoms with E-state index in [0.29, 0.717) is 37.7 Å². The SMILES string of the molecule is CC1CCCCN1Cc1cccc(Nc2ncc(F)c(OCC3CCN(C(=O)Nc4cccc(F)c4)CC3)n2)c1. The van der Waals surface area contributed by atoms with Crippen molar-refractivity contribution in [3.63, 3.8) is 0 Å². The maximum atomic E-state index is 14.5. The fraction of sp³-hybridized carbons (Fsp3) is 0.433. The lowest BCUT2D eigenvalue weighted by molar-refractivity contribution is 0.148. The number of nitrogens with zero attached hydrogens (tertiary/aromatic N) is 4. The zero-order valence-corrected chi connectivity index (χ0v) is 22.8. The van der Waals surface area contributed by atoms with Gasteiger partial charge in [0.15, 0.2) is 0 Å². The first-order valence-corrected chi connectivity index (χ1v) is 14.0. The average Bonchev–Trinajstić information content (AvgIpc) is 2.95. The number of carbonyl (C=O) groups excluding carboxylic acids is 1. The second kappa shape index (κ2) is 13.0. The molecule has 0 aliphatic carbocycles. The van der Waals surface area contributed by atoms with Gasteiger partial charge in [0.1, 0.15) is 5.82 Å². The van der Waals surface area contributed by atoms with Gasteiger partial charge >= 0.3 is 6.03 Å². The number of carbonyl (C=O) groups is 1. The standard InChI is InChI=1S/C30H36F2N6O2/c1-21-6-2-3-13-38(21)19-23-7-4-9-25(16-23)34-29-33-18-27(32)28(36-29)40-20-22-11-14-37(15-12-22)30(39)35-26-10-5-8-24(31)17-26/h4-5,7-10,16-18,21-22H,2-3,6,11-15,19-20H2,1H3,(H,35,39)(H,33,34,36). The van der Waals surface area contributed by atoms with Crippen LogP contribution in [0.15, 0.2) is 54.7 Å². The average molecular weight is 551 g/mol. The number of aromatic nitrogens is 2. The fourth-order valence-electron chi connectivity index (χ4n) is 5.28. The summed E-state index contributed by atoms with van der Waals surface area (Å²) >= 11 is 0. The predicted molar refractivity (Wildman–Crippen MR) is 151 cm³/mol. The van der Waals surface area contributed by atoms with E-state index in [1.165, 1.54) is 37.0 Å². The molecule has 40 heavy (non-hydrogen) atoms. The third-order valence-corrected chi connectivity index (χ3v) is 7.65. The van der Waals surface area contributed by atoms with E-state index in [2.05, 4.69) is 44.6 Å². The van der Waals surface area contributed by atoms with Crippen molar-refractivity contribution in [2.24, 2.45) is 5.92 Å². The molecule has 2 aliphatic rings. The summed E-state index contributed by atoms with van der Waals surface area (Å²) in [5.41, 5.74) is 2.46. The molecule has 5 rings (SSSR count). The number of rotatable bonds is 8. The number of halogens is 2. The van der Waals surface area contributed by atoms with Gasteiger partial charge in [-0.1, -0.05) is 24.6 Å². The summed E-state index contributed by atoms with van der Waals surface area (Å²) in [4.78, 5) is 25.1. The van der Waals surface area contributed by atoms with Gasteiger partial charge in [-0.15, -0.1) is 0 Å². The normalized spacial score (nSPS) is 18.4. The number of nitrogens with one attached hydrogen (secondary N) is 2. The molecule has 0 radical (unpaired) electrons. The van der Waals surface area contributed by atoms with Crippen molar-refractivity contribution in [2.75, 3.05) is 36.9 Å². The Morgan fingerprint density at radius 2 is 1.82 bits per heavy atom. The molecule has 1 atom stereocenters. The van der Waals surface area contributed by atoms with E-state index >= 15 is 0 Å². The lowest BCUT2D eigenvalue weighted by Gasteiger charge is -2.33. The maximum absolute atomic E-state index is 14.5. The van der Waals surface area contributed by atoms with Gasteiger partial charge in [0.05, 0.1) is 12.8 Å². The topological polar surface area (TPSA) is 82.6 Å². The molecule has 0 saturated carbocycles. The Hall–Kier alpha value is -3.79. The summed E-state index contributed by atoms with van der Waals surface area (Å²) in [5.74, 6) is -0.700. The fourth-order valence-corrected chi connectivity index (χ4v) is 5.28. The number of benzene rings is 2. The van der Waals surface area contributed by atoms with Gasteiger partial charge in [-0.05, 0) is 81.0 Å². The van der Waals surface area contributed by atoms with Crippen molar-refractivity contribution >= 4 is 23.4 Å². The van der Waals surface area contributed by atoms with Crippen LogP contribution in [0.2, 0.25) is 0 Å². The molecule has 0 bridgehead atoms. The summed E-state index contributed by atoms with van der Waals surface area (Å²) in [6, 6.07) is 14.2. The molecule has 2 amide bonds. The van der Waals surface area contributed by atoms with Crippen LogP contribution in [0.1, 0.15) is 44.6 Å². The van der Waals surface area contributed by atoms with Crippen molar-refractivity contribution < 1.29 is 18.3 Å². The van der Waals surface area contributed by atoms with Gasteiger partial charge in [-0.25, -0.2) is 14.2 Å². The molecule has 2 N–H and O–H groups in total. The van der Waals surface area contributed by atoms with Crippen molar-refractivity contribution in [1.29, 1.82) is 0 Å². The molecule has 2 aromatic carbocycles. The summed E-state index contributed by atoms with van der Waals surface area (Å²) in [7, 11) is 0. The predicted octanol–water partition coefficient (Wildman–Crippen LogP) is 6.20. The molecule has 8 nitrogen and oxygen atoms in total. The van der Waals surface area contributed by atoms with Crippen molar-refractivity contribution in [3.8, 4) is 5.88 Å². The van der Waals surface area contributed by atoms with Gasteiger partial charge in [-0.3, -0.25) is 4.90 Å². The molecule has 2 aliphatic heterocycles. The lowest BCUT2D eigenvalue weighted by atomic mass is 9.98.